The Hall–Kier alpha value is -2.18. The molecule has 0 atom stereocenters. The summed E-state index contributed by atoms with van der Waals surface area (Å²) in [4.78, 5) is 0. The summed E-state index contributed by atoms with van der Waals surface area (Å²) in [5.41, 5.74) is 10.5. The molecule has 0 bridgehead atoms. The Morgan fingerprint density at radius 2 is 2.00 bits per heavy atom. The van der Waals surface area contributed by atoms with E-state index in [1.54, 1.807) is 0 Å². The number of nitrogens with two attached hydrogens (primary N) is 2. The van der Waals surface area contributed by atoms with Crippen LogP contribution >= 0.6 is 0 Å². The van der Waals surface area contributed by atoms with Crippen molar-refractivity contribution in [2.45, 2.75) is 32.6 Å². The van der Waals surface area contributed by atoms with Gasteiger partial charge in [-0.3, -0.25) is 0 Å². The van der Waals surface area contributed by atoms with Crippen LogP contribution in [0.25, 0.3) is 0 Å². The number of unbranched alkanes of at least 4 members (excludes halogenated alkanes) is 3. The topological polar surface area (TPSA) is 86.0 Å². The van der Waals surface area contributed by atoms with Gasteiger partial charge in [-0.2, -0.15) is 9.49 Å². The monoisotopic (exact) mass is 298 g/mol. The number of hydrogen-bond acceptors (Lipinski definition) is 3. The Balaban J connectivity index is 2.72. The molecule has 0 amide bonds. The second kappa shape index (κ2) is 8.89. The van der Waals surface area contributed by atoms with Crippen LogP contribution in [0.15, 0.2) is 22.3 Å². The molecule has 0 unspecified atom stereocenters. The van der Waals surface area contributed by atoms with Crippen molar-refractivity contribution in [3.05, 3.63) is 29.3 Å². The van der Waals surface area contributed by atoms with Gasteiger partial charge in [0.25, 0.3) is 0 Å². The van der Waals surface area contributed by atoms with E-state index in [0.29, 0.717) is 12.2 Å². The van der Waals surface area contributed by atoms with Crippen LogP contribution in [0.4, 0.5) is 8.78 Å². The second-order valence-electron chi connectivity index (χ2n) is 4.49. The Morgan fingerprint density at radius 3 is 2.67 bits per heavy atom. The minimum Gasteiger partial charge on any atom is -0.490 e. The molecule has 21 heavy (non-hydrogen) atoms. The molecule has 0 saturated heterocycles. The average molecular weight is 298 g/mol. The summed E-state index contributed by atoms with van der Waals surface area (Å²) in [5, 5.41) is 6.92. The van der Waals surface area contributed by atoms with E-state index in [0.717, 1.165) is 31.7 Å². The summed E-state index contributed by atoms with van der Waals surface area (Å²) in [5.74, 6) is -2.38. The third kappa shape index (κ3) is 6.20. The number of hydrogen-bond donors (Lipinski definition) is 2. The normalized spacial score (nSPS) is 10.8. The van der Waals surface area contributed by atoms with E-state index in [-0.39, 0.29) is 11.7 Å². The van der Waals surface area contributed by atoms with Crippen molar-refractivity contribution < 1.29 is 13.5 Å². The summed E-state index contributed by atoms with van der Waals surface area (Å²) in [7, 11) is 0. The lowest BCUT2D eigenvalue weighted by atomic mass is 10.2. The zero-order valence-electron chi connectivity index (χ0n) is 12.0. The van der Waals surface area contributed by atoms with E-state index < -0.39 is 11.6 Å². The fourth-order valence-electron chi connectivity index (χ4n) is 1.64. The van der Waals surface area contributed by atoms with Crippen LogP contribution in [0, 0.1) is 11.6 Å². The van der Waals surface area contributed by atoms with E-state index in [1.165, 1.54) is 12.3 Å². The van der Waals surface area contributed by atoms with Crippen LogP contribution < -0.4 is 16.2 Å². The maximum absolute atomic E-state index is 13.6. The summed E-state index contributed by atoms with van der Waals surface area (Å²) < 4.78 is 32.3. The molecule has 0 saturated carbocycles. The lowest BCUT2D eigenvalue weighted by Crippen LogP contribution is -2.21. The van der Waals surface area contributed by atoms with Crippen molar-refractivity contribution in [3.8, 4) is 5.75 Å². The predicted molar refractivity (Wildman–Crippen MR) is 79.4 cm³/mol. The maximum atomic E-state index is 13.6. The molecule has 0 aliphatic rings. The van der Waals surface area contributed by atoms with E-state index in [9.17, 15) is 8.78 Å². The highest BCUT2D eigenvalue weighted by molar-refractivity contribution is 5.82. The Kier molecular flexibility index (Phi) is 7.14. The van der Waals surface area contributed by atoms with Gasteiger partial charge in [-0.25, -0.2) is 4.39 Å². The van der Waals surface area contributed by atoms with Gasteiger partial charge in [0.1, 0.15) is 0 Å². The van der Waals surface area contributed by atoms with Crippen LogP contribution in [0.5, 0.6) is 5.75 Å². The summed E-state index contributed by atoms with van der Waals surface area (Å²) in [6, 6.07) is 2.34. The molecule has 0 aromatic heterocycles. The van der Waals surface area contributed by atoms with Crippen LogP contribution in [0.1, 0.15) is 38.2 Å². The molecule has 0 aliphatic carbocycles. The van der Waals surface area contributed by atoms with Crippen LogP contribution in [0.2, 0.25) is 0 Å². The molecule has 5 nitrogen and oxygen atoms in total. The smallest absolute Gasteiger partial charge is 0.211 e. The van der Waals surface area contributed by atoms with Crippen molar-refractivity contribution in [1.82, 2.24) is 0 Å². The zero-order chi connectivity index (χ0) is 15.7. The molecule has 0 heterocycles. The zero-order valence-corrected chi connectivity index (χ0v) is 12.0. The number of halogens is 2. The van der Waals surface area contributed by atoms with Gasteiger partial charge < -0.3 is 16.2 Å². The maximum Gasteiger partial charge on any atom is 0.211 e. The van der Waals surface area contributed by atoms with E-state index in [4.69, 9.17) is 16.2 Å². The van der Waals surface area contributed by atoms with Gasteiger partial charge in [0.2, 0.25) is 11.8 Å². The highest BCUT2D eigenvalue weighted by atomic mass is 19.2. The summed E-state index contributed by atoms with van der Waals surface area (Å²) in [6.07, 6.45) is 5.19. The van der Waals surface area contributed by atoms with Crippen molar-refractivity contribution >= 4 is 12.2 Å². The fraction of sp³-hybridized carbons (Fsp3) is 0.429. The summed E-state index contributed by atoms with van der Waals surface area (Å²) in [6.45, 7) is 2.43. The predicted octanol–water partition coefficient (Wildman–Crippen LogP) is 2.53. The molecule has 1 aromatic carbocycles. The molecule has 4 N–H and O–H groups in total. The van der Waals surface area contributed by atoms with Gasteiger partial charge in [0.15, 0.2) is 11.6 Å². The lowest BCUT2D eigenvalue weighted by Gasteiger charge is -2.08. The van der Waals surface area contributed by atoms with Gasteiger partial charge in [0.05, 0.1) is 12.8 Å². The van der Waals surface area contributed by atoms with Crippen LogP contribution in [0.3, 0.4) is 0 Å². The number of ether oxygens (including phenoxy) is 1. The SMILES string of the molecule is CCCCCCOc1cc(C=NN=C(N)N)cc(F)c1F. The number of nitrogens with zero attached hydrogens (tertiary/aromatic N) is 2. The Bertz CT molecular complexity index is 514. The Morgan fingerprint density at radius 1 is 1.24 bits per heavy atom. The number of rotatable bonds is 8. The molecule has 7 heteroatoms. The van der Waals surface area contributed by atoms with Crippen molar-refractivity contribution in [2.75, 3.05) is 6.61 Å². The first-order chi connectivity index (χ1) is 10.0. The molecule has 0 spiro atoms. The molecule has 0 fully saturated rings. The van der Waals surface area contributed by atoms with Gasteiger partial charge >= 0.3 is 0 Å². The fourth-order valence-corrected chi connectivity index (χ4v) is 1.64. The number of benzene rings is 1. The van der Waals surface area contributed by atoms with Gasteiger partial charge in [0, 0.05) is 5.56 Å². The first-order valence-electron chi connectivity index (χ1n) is 6.78. The van der Waals surface area contributed by atoms with Crippen molar-refractivity contribution in [2.24, 2.45) is 21.7 Å². The number of guanidine groups is 1. The lowest BCUT2D eigenvalue weighted by molar-refractivity contribution is 0.285. The summed E-state index contributed by atoms with van der Waals surface area (Å²) >= 11 is 0. The Labute approximate surface area is 122 Å². The molecule has 116 valence electrons. The van der Waals surface area contributed by atoms with Crippen LogP contribution in [-0.4, -0.2) is 18.8 Å². The van der Waals surface area contributed by atoms with Gasteiger partial charge in [-0.1, -0.05) is 26.2 Å². The van der Waals surface area contributed by atoms with Crippen molar-refractivity contribution in [1.29, 1.82) is 0 Å². The highest BCUT2D eigenvalue weighted by Crippen LogP contribution is 2.22. The van der Waals surface area contributed by atoms with Crippen molar-refractivity contribution in [3.63, 3.8) is 0 Å². The minimum atomic E-state index is -1.01. The molecular formula is C14H20F2N4O. The minimum absolute atomic E-state index is 0.141. The molecule has 0 radical (unpaired) electrons. The second-order valence-corrected chi connectivity index (χ2v) is 4.49. The van der Waals surface area contributed by atoms with E-state index in [2.05, 4.69) is 17.1 Å². The average Bonchev–Trinajstić information content (AvgIpc) is 2.43. The first-order valence-corrected chi connectivity index (χ1v) is 6.78. The third-order valence-electron chi connectivity index (χ3n) is 2.65. The molecule has 1 rings (SSSR count). The first kappa shape index (κ1) is 16.9. The standard InChI is InChI=1S/C14H20F2N4O/c1-2-3-4-5-6-21-12-8-10(7-11(15)13(12)16)9-19-20-14(17)18/h7-9H,2-6H2,1H3,(H4,17,18,20). The van der Waals surface area contributed by atoms with Gasteiger partial charge in [-0.15, -0.1) is 5.10 Å². The molecule has 0 aliphatic heterocycles. The largest absolute Gasteiger partial charge is 0.490 e. The molecule has 1 aromatic rings. The van der Waals surface area contributed by atoms with Crippen LogP contribution in [-0.2, 0) is 0 Å². The quantitative estimate of drug-likeness (QED) is 0.335. The third-order valence-corrected chi connectivity index (χ3v) is 2.65. The molecular weight excluding hydrogens is 278 g/mol. The van der Waals surface area contributed by atoms with Gasteiger partial charge in [-0.05, 0) is 18.6 Å². The van der Waals surface area contributed by atoms with E-state index in [1.807, 2.05) is 0 Å². The highest BCUT2D eigenvalue weighted by Gasteiger charge is 2.11. The van der Waals surface area contributed by atoms with E-state index >= 15 is 0 Å².